The molecule has 0 saturated heterocycles. The highest BCUT2D eigenvalue weighted by Crippen LogP contribution is 2.12. The van der Waals surface area contributed by atoms with Crippen LogP contribution >= 0.6 is 0 Å². The lowest BCUT2D eigenvalue weighted by Crippen LogP contribution is -2.29. The molecule has 20 heavy (non-hydrogen) atoms. The summed E-state index contributed by atoms with van der Waals surface area (Å²) in [4.78, 5) is 2.42. The summed E-state index contributed by atoms with van der Waals surface area (Å²) >= 11 is 0. The first-order valence-electron chi connectivity index (χ1n) is 7.83. The Hall–Kier alpha value is -1.06. The minimum absolute atomic E-state index is 0.518. The van der Waals surface area contributed by atoms with Crippen LogP contribution in [0.5, 0.6) is 5.75 Å². The van der Waals surface area contributed by atoms with Crippen LogP contribution in [0.1, 0.15) is 39.7 Å². The summed E-state index contributed by atoms with van der Waals surface area (Å²) in [6, 6.07) is 8.91. The van der Waals surface area contributed by atoms with Gasteiger partial charge in [-0.1, -0.05) is 39.8 Å². The smallest absolute Gasteiger partial charge is 0.119 e. The fraction of sp³-hybridized carbons (Fsp3) is 0.647. The molecular weight excluding hydrogens is 248 g/mol. The van der Waals surface area contributed by atoms with Crippen LogP contribution in [0.2, 0.25) is 0 Å². The van der Waals surface area contributed by atoms with E-state index in [0.717, 1.165) is 38.5 Å². The van der Waals surface area contributed by atoms with Crippen molar-refractivity contribution in [2.24, 2.45) is 0 Å². The number of ether oxygens (including phenoxy) is 1. The van der Waals surface area contributed by atoms with Crippen molar-refractivity contribution in [3.05, 3.63) is 29.8 Å². The maximum Gasteiger partial charge on any atom is 0.119 e. The molecule has 1 aromatic rings. The molecule has 3 nitrogen and oxygen atoms in total. The van der Waals surface area contributed by atoms with Crippen molar-refractivity contribution in [2.75, 3.05) is 26.2 Å². The molecule has 0 aromatic heterocycles. The second kappa shape index (κ2) is 9.78. The van der Waals surface area contributed by atoms with Gasteiger partial charge in [-0.05, 0) is 37.2 Å². The Morgan fingerprint density at radius 3 is 2.35 bits per heavy atom. The first-order chi connectivity index (χ1) is 9.65. The lowest BCUT2D eigenvalue weighted by atomic mass is 10.2. The second-order valence-corrected chi connectivity index (χ2v) is 5.46. The van der Waals surface area contributed by atoms with Crippen LogP contribution in [0.4, 0.5) is 0 Å². The van der Waals surface area contributed by atoms with E-state index in [4.69, 9.17) is 4.74 Å². The van der Waals surface area contributed by atoms with Gasteiger partial charge in [-0.15, -0.1) is 0 Å². The maximum absolute atomic E-state index is 5.80. The summed E-state index contributed by atoms with van der Waals surface area (Å²) in [5.41, 5.74) is 1.30. The van der Waals surface area contributed by atoms with Gasteiger partial charge in [-0.3, -0.25) is 0 Å². The van der Waals surface area contributed by atoms with Crippen LogP contribution in [0, 0.1) is 0 Å². The van der Waals surface area contributed by atoms with Crippen LogP contribution in [0.3, 0.4) is 0 Å². The topological polar surface area (TPSA) is 24.5 Å². The quantitative estimate of drug-likeness (QED) is 0.711. The van der Waals surface area contributed by atoms with Crippen molar-refractivity contribution >= 4 is 0 Å². The molecule has 1 rings (SSSR count). The number of benzene rings is 1. The maximum atomic E-state index is 5.80. The summed E-state index contributed by atoms with van der Waals surface area (Å²) in [6.07, 6.45) is 1.20. The standard InChI is InChI=1S/C17H30N2O/c1-5-11-19(6-2)12-13-20-17-9-7-16(8-10-17)14-18-15(3)4/h7-10,15,18H,5-6,11-14H2,1-4H3. The number of nitrogens with zero attached hydrogens (tertiary/aromatic N) is 1. The average Bonchev–Trinajstić information content (AvgIpc) is 2.45. The Balaban J connectivity index is 2.30. The molecule has 0 bridgehead atoms. The van der Waals surface area contributed by atoms with E-state index in [1.165, 1.54) is 12.0 Å². The predicted molar refractivity (Wildman–Crippen MR) is 86.3 cm³/mol. The molecule has 0 saturated carbocycles. The molecule has 3 heteroatoms. The number of likely N-dealkylation sites (N-methyl/N-ethyl adjacent to an activating group) is 1. The molecular formula is C17H30N2O. The monoisotopic (exact) mass is 278 g/mol. The highest BCUT2D eigenvalue weighted by molar-refractivity contribution is 5.27. The van der Waals surface area contributed by atoms with Gasteiger partial charge in [0.05, 0.1) is 0 Å². The third kappa shape index (κ3) is 6.92. The molecule has 0 aliphatic carbocycles. The minimum atomic E-state index is 0.518. The Labute approximate surface area is 124 Å². The van der Waals surface area contributed by atoms with E-state index < -0.39 is 0 Å². The summed E-state index contributed by atoms with van der Waals surface area (Å²) in [5.74, 6) is 0.964. The summed E-state index contributed by atoms with van der Waals surface area (Å²) < 4.78 is 5.80. The summed E-state index contributed by atoms with van der Waals surface area (Å²) in [5, 5.41) is 3.41. The van der Waals surface area contributed by atoms with E-state index in [0.29, 0.717) is 6.04 Å². The van der Waals surface area contributed by atoms with Crippen LogP contribution in [0.25, 0.3) is 0 Å². The lowest BCUT2D eigenvalue weighted by molar-refractivity contribution is 0.216. The third-order valence-corrected chi connectivity index (χ3v) is 3.30. The van der Waals surface area contributed by atoms with Gasteiger partial charge in [-0.25, -0.2) is 0 Å². The van der Waals surface area contributed by atoms with E-state index >= 15 is 0 Å². The molecule has 0 unspecified atom stereocenters. The summed E-state index contributed by atoms with van der Waals surface area (Å²) in [6.45, 7) is 13.7. The zero-order valence-electron chi connectivity index (χ0n) is 13.5. The molecule has 0 aliphatic rings. The zero-order chi connectivity index (χ0) is 14.8. The first-order valence-corrected chi connectivity index (χ1v) is 7.83. The molecule has 0 atom stereocenters. The highest BCUT2D eigenvalue weighted by Gasteiger charge is 2.01. The molecule has 0 spiro atoms. The highest BCUT2D eigenvalue weighted by atomic mass is 16.5. The number of nitrogens with one attached hydrogen (secondary N) is 1. The molecule has 0 aliphatic heterocycles. The number of hydrogen-bond acceptors (Lipinski definition) is 3. The lowest BCUT2D eigenvalue weighted by Gasteiger charge is -2.19. The molecule has 0 radical (unpaired) electrons. The average molecular weight is 278 g/mol. The number of hydrogen-bond donors (Lipinski definition) is 1. The van der Waals surface area contributed by atoms with Crippen molar-refractivity contribution in [1.29, 1.82) is 0 Å². The van der Waals surface area contributed by atoms with Gasteiger partial charge in [0.2, 0.25) is 0 Å². The second-order valence-electron chi connectivity index (χ2n) is 5.46. The zero-order valence-corrected chi connectivity index (χ0v) is 13.5. The fourth-order valence-corrected chi connectivity index (χ4v) is 2.06. The molecule has 1 aromatic carbocycles. The van der Waals surface area contributed by atoms with Crippen LogP contribution < -0.4 is 10.1 Å². The van der Waals surface area contributed by atoms with E-state index in [9.17, 15) is 0 Å². The van der Waals surface area contributed by atoms with Gasteiger partial charge >= 0.3 is 0 Å². The normalized spacial score (nSPS) is 11.3. The summed E-state index contributed by atoms with van der Waals surface area (Å²) in [7, 11) is 0. The van der Waals surface area contributed by atoms with Gasteiger partial charge in [-0.2, -0.15) is 0 Å². The van der Waals surface area contributed by atoms with Crippen molar-refractivity contribution in [3.63, 3.8) is 0 Å². The molecule has 1 N–H and O–H groups in total. The predicted octanol–water partition coefficient (Wildman–Crippen LogP) is 3.30. The van der Waals surface area contributed by atoms with Crippen molar-refractivity contribution in [3.8, 4) is 5.75 Å². The molecule has 114 valence electrons. The van der Waals surface area contributed by atoms with Gasteiger partial charge in [0.1, 0.15) is 12.4 Å². The third-order valence-electron chi connectivity index (χ3n) is 3.30. The van der Waals surface area contributed by atoms with Gasteiger partial charge in [0, 0.05) is 19.1 Å². The Morgan fingerprint density at radius 2 is 1.80 bits per heavy atom. The molecule has 0 fully saturated rings. The first kappa shape index (κ1) is 17.0. The van der Waals surface area contributed by atoms with E-state index in [2.05, 4.69) is 62.2 Å². The van der Waals surface area contributed by atoms with Gasteiger partial charge in [0.25, 0.3) is 0 Å². The molecule has 0 heterocycles. The van der Waals surface area contributed by atoms with Crippen LogP contribution in [-0.4, -0.2) is 37.2 Å². The largest absolute Gasteiger partial charge is 0.492 e. The van der Waals surface area contributed by atoms with Gasteiger partial charge in [0.15, 0.2) is 0 Å². The van der Waals surface area contributed by atoms with E-state index in [-0.39, 0.29) is 0 Å². The van der Waals surface area contributed by atoms with Gasteiger partial charge < -0.3 is 15.0 Å². The minimum Gasteiger partial charge on any atom is -0.492 e. The van der Waals surface area contributed by atoms with Crippen LogP contribution in [-0.2, 0) is 6.54 Å². The van der Waals surface area contributed by atoms with Crippen molar-refractivity contribution in [1.82, 2.24) is 10.2 Å². The molecule has 0 amide bonds. The van der Waals surface area contributed by atoms with E-state index in [1.54, 1.807) is 0 Å². The SMILES string of the molecule is CCCN(CC)CCOc1ccc(CNC(C)C)cc1. The van der Waals surface area contributed by atoms with E-state index in [1.807, 2.05) is 0 Å². The van der Waals surface area contributed by atoms with Crippen molar-refractivity contribution in [2.45, 2.75) is 46.7 Å². The fourth-order valence-electron chi connectivity index (χ4n) is 2.06. The van der Waals surface area contributed by atoms with Crippen molar-refractivity contribution < 1.29 is 4.74 Å². The Morgan fingerprint density at radius 1 is 1.10 bits per heavy atom. The Bertz CT molecular complexity index is 349. The Kier molecular flexibility index (Phi) is 8.31. The van der Waals surface area contributed by atoms with Crippen LogP contribution in [0.15, 0.2) is 24.3 Å². The number of rotatable bonds is 10.